The molecule has 128 valence electrons. The number of benzene rings is 1. The van der Waals surface area contributed by atoms with Crippen molar-refractivity contribution in [2.24, 2.45) is 5.73 Å². The summed E-state index contributed by atoms with van der Waals surface area (Å²) in [4.78, 5) is 16.5. The largest absolute Gasteiger partial charge is 0.382 e. The van der Waals surface area contributed by atoms with Crippen LogP contribution in [0.3, 0.4) is 0 Å². The number of nitrogens with one attached hydrogen (secondary N) is 2. The zero-order chi connectivity index (χ0) is 17.2. The van der Waals surface area contributed by atoms with Crippen molar-refractivity contribution in [1.29, 1.82) is 0 Å². The molecule has 7 nitrogen and oxygen atoms in total. The summed E-state index contributed by atoms with van der Waals surface area (Å²) >= 11 is 0. The molecular formula is C18H19N5O2. The van der Waals surface area contributed by atoms with E-state index >= 15 is 0 Å². The Labute approximate surface area is 144 Å². The van der Waals surface area contributed by atoms with Crippen LogP contribution in [-0.4, -0.2) is 35.2 Å². The molecule has 0 atom stereocenters. The summed E-state index contributed by atoms with van der Waals surface area (Å²) in [7, 11) is 0. The van der Waals surface area contributed by atoms with Gasteiger partial charge in [0, 0.05) is 23.2 Å². The lowest BCUT2D eigenvalue weighted by molar-refractivity contribution is 0.100. The van der Waals surface area contributed by atoms with Gasteiger partial charge >= 0.3 is 0 Å². The Morgan fingerprint density at radius 2 is 2.00 bits per heavy atom. The van der Waals surface area contributed by atoms with Crippen molar-refractivity contribution in [2.45, 2.75) is 18.9 Å². The summed E-state index contributed by atoms with van der Waals surface area (Å²) in [5.41, 5.74) is 8.74. The summed E-state index contributed by atoms with van der Waals surface area (Å²) in [5.74, 6) is -0.497. The first-order valence-corrected chi connectivity index (χ1v) is 8.34. The van der Waals surface area contributed by atoms with Gasteiger partial charge < -0.3 is 20.9 Å². The highest BCUT2D eigenvalue weighted by atomic mass is 16.5. The average molecular weight is 337 g/mol. The number of fused-ring (bicyclic) bond motifs is 1. The highest BCUT2D eigenvalue weighted by Gasteiger charge is 2.17. The van der Waals surface area contributed by atoms with Gasteiger partial charge in [-0.05, 0) is 50.2 Å². The number of nitrogens with zero attached hydrogens (tertiary/aromatic N) is 2. The molecule has 7 heteroatoms. The molecule has 4 N–H and O–H groups in total. The Bertz CT molecular complexity index is 901. The van der Waals surface area contributed by atoms with Crippen molar-refractivity contribution < 1.29 is 9.32 Å². The summed E-state index contributed by atoms with van der Waals surface area (Å²) in [6, 6.07) is 9.59. The molecule has 1 fully saturated rings. The van der Waals surface area contributed by atoms with Crippen LogP contribution in [0, 0.1) is 0 Å². The van der Waals surface area contributed by atoms with Crippen LogP contribution in [0.25, 0.3) is 22.3 Å². The van der Waals surface area contributed by atoms with Crippen LogP contribution in [0.1, 0.15) is 23.2 Å². The molecule has 3 heterocycles. The van der Waals surface area contributed by atoms with E-state index in [0.29, 0.717) is 28.5 Å². The minimum Gasteiger partial charge on any atom is -0.382 e. The van der Waals surface area contributed by atoms with Crippen LogP contribution in [0.5, 0.6) is 0 Å². The SMILES string of the molecule is NC(=O)c1ccc(NC2CCNCC2)c2ccc(-c3ccon3)nc12. The maximum atomic E-state index is 11.8. The fourth-order valence-electron chi connectivity index (χ4n) is 3.22. The molecule has 0 bridgehead atoms. The number of pyridine rings is 1. The van der Waals surface area contributed by atoms with E-state index in [9.17, 15) is 4.79 Å². The average Bonchev–Trinajstić information content (AvgIpc) is 3.17. The molecule has 0 radical (unpaired) electrons. The molecule has 0 saturated carbocycles. The summed E-state index contributed by atoms with van der Waals surface area (Å²) in [6.45, 7) is 2.01. The number of carbonyl (C=O) groups excluding carboxylic acids is 1. The lowest BCUT2D eigenvalue weighted by atomic mass is 10.0. The van der Waals surface area contributed by atoms with Crippen molar-refractivity contribution in [1.82, 2.24) is 15.5 Å². The van der Waals surface area contributed by atoms with Crippen molar-refractivity contribution in [2.75, 3.05) is 18.4 Å². The predicted octanol–water partition coefficient (Wildman–Crippen LogP) is 2.15. The van der Waals surface area contributed by atoms with E-state index in [1.165, 1.54) is 6.26 Å². The first kappa shape index (κ1) is 15.6. The normalized spacial score (nSPS) is 15.4. The molecule has 3 aromatic rings. The Balaban J connectivity index is 1.79. The van der Waals surface area contributed by atoms with Crippen LogP contribution in [-0.2, 0) is 0 Å². The van der Waals surface area contributed by atoms with Crippen molar-refractivity contribution in [3.63, 3.8) is 0 Å². The fraction of sp³-hybridized carbons (Fsp3) is 0.278. The van der Waals surface area contributed by atoms with Crippen LogP contribution in [0.2, 0.25) is 0 Å². The van der Waals surface area contributed by atoms with Gasteiger partial charge in [0.15, 0.2) is 0 Å². The number of piperidine rings is 1. The second-order valence-corrected chi connectivity index (χ2v) is 6.17. The molecule has 0 aliphatic carbocycles. The second kappa shape index (κ2) is 6.52. The number of hydrogen-bond donors (Lipinski definition) is 3. The van der Waals surface area contributed by atoms with Gasteiger partial charge in [0.2, 0.25) is 0 Å². The highest BCUT2D eigenvalue weighted by Crippen LogP contribution is 2.29. The van der Waals surface area contributed by atoms with Gasteiger partial charge in [-0.1, -0.05) is 5.16 Å². The molecule has 0 spiro atoms. The van der Waals surface area contributed by atoms with Crippen LogP contribution < -0.4 is 16.4 Å². The molecule has 1 aliphatic heterocycles. The van der Waals surface area contributed by atoms with Gasteiger partial charge in [0.05, 0.1) is 16.8 Å². The zero-order valence-corrected chi connectivity index (χ0v) is 13.7. The van der Waals surface area contributed by atoms with Crippen LogP contribution in [0.15, 0.2) is 41.1 Å². The smallest absolute Gasteiger partial charge is 0.250 e. The Hall–Kier alpha value is -2.93. The second-order valence-electron chi connectivity index (χ2n) is 6.17. The van der Waals surface area contributed by atoms with Gasteiger partial charge in [0.25, 0.3) is 5.91 Å². The van der Waals surface area contributed by atoms with E-state index in [-0.39, 0.29) is 0 Å². The highest BCUT2D eigenvalue weighted by molar-refractivity contribution is 6.08. The zero-order valence-electron chi connectivity index (χ0n) is 13.7. The topological polar surface area (TPSA) is 106 Å². The standard InChI is InChI=1S/C18H19N5O2/c19-18(24)13-2-3-14(21-11-5-8-20-9-6-11)12-1-4-15(22-17(12)13)16-7-10-25-23-16/h1-4,7,10-11,20-21H,5-6,8-9H2,(H2,19,24). The summed E-state index contributed by atoms with van der Waals surface area (Å²) in [6.07, 6.45) is 3.61. The van der Waals surface area contributed by atoms with Crippen molar-refractivity contribution in [3.8, 4) is 11.4 Å². The maximum absolute atomic E-state index is 11.8. The molecular weight excluding hydrogens is 318 g/mol. The van der Waals surface area contributed by atoms with E-state index in [1.807, 2.05) is 18.2 Å². The van der Waals surface area contributed by atoms with Crippen LogP contribution in [0.4, 0.5) is 5.69 Å². The Kier molecular flexibility index (Phi) is 4.07. The predicted molar refractivity (Wildman–Crippen MR) is 95.3 cm³/mol. The van der Waals surface area contributed by atoms with E-state index in [4.69, 9.17) is 10.3 Å². The van der Waals surface area contributed by atoms with Crippen LogP contribution >= 0.6 is 0 Å². The van der Waals surface area contributed by atoms with E-state index in [1.54, 1.807) is 12.1 Å². The fourth-order valence-corrected chi connectivity index (χ4v) is 3.22. The number of anilines is 1. The van der Waals surface area contributed by atoms with E-state index in [0.717, 1.165) is 37.0 Å². The number of carbonyl (C=O) groups is 1. The number of primary amides is 1. The Morgan fingerprint density at radius 3 is 2.72 bits per heavy atom. The number of nitrogens with two attached hydrogens (primary N) is 1. The number of amides is 1. The molecule has 2 aromatic heterocycles. The minimum absolute atomic E-state index is 0.399. The number of hydrogen-bond acceptors (Lipinski definition) is 6. The van der Waals surface area contributed by atoms with Gasteiger partial charge in [-0.2, -0.15) is 0 Å². The molecule has 1 aliphatic rings. The third kappa shape index (κ3) is 3.06. The molecule has 1 saturated heterocycles. The maximum Gasteiger partial charge on any atom is 0.250 e. The molecule has 1 amide bonds. The number of rotatable bonds is 4. The quantitative estimate of drug-likeness (QED) is 0.673. The summed E-state index contributed by atoms with van der Waals surface area (Å²) < 4.78 is 4.88. The lowest BCUT2D eigenvalue weighted by Gasteiger charge is -2.25. The van der Waals surface area contributed by atoms with Crippen molar-refractivity contribution >= 4 is 22.5 Å². The first-order chi connectivity index (χ1) is 12.2. The third-order valence-corrected chi connectivity index (χ3v) is 4.52. The van der Waals surface area contributed by atoms with Crippen molar-refractivity contribution in [3.05, 3.63) is 42.2 Å². The van der Waals surface area contributed by atoms with Gasteiger partial charge in [0.1, 0.15) is 12.0 Å². The minimum atomic E-state index is -0.497. The first-order valence-electron chi connectivity index (χ1n) is 8.34. The van der Waals surface area contributed by atoms with Gasteiger partial charge in [-0.15, -0.1) is 0 Å². The molecule has 25 heavy (non-hydrogen) atoms. The summed E-state index contributed by atoms with van der Waals surface area (Å²) in [5, 5.41) is 11.7. The monoisotopic (exact) mass is 337 g/mol. The number of aromatic nitrogens is 2. The lowest BCUT2D eigenvalue weighted by Crippen LogP contribution is -2.35. The van der Waals surface area contributed by atoms with Gasteiger partial charge in [-0.25, -0.2) is 4.98 Å². The molecule has 4 rings (SSSR count). The Morgan fingerprint density at radius 1 is 1.16 bits per heavy atom. The molecule has 1 aromatic carbocycles. The van der Waals surface area contributed by atoms with E-state index < -0.39 is 5.91 Å². The van der Waals surface area contributed by atoms with Gasteiger partial charge in [-0.3, -0.25) is 4.79 Å². The van der Waals surface area contributed by atoms with E-state index in [2.05, 4.69) is 20.8 Å². The third-order valence-electron chi connectivity index (χ3n) is 4.52. The molecule has 0 unspecified atom stereocenters.